The number of anilines is 1. The molecular formula is C25H33N5O4Si. The summed E-state index contributed by atoms with van der Waals surface area (Å²) in [4.78, 5) is 25.9. The van der Waals surface area contributed by atoms with Crippen molar-refractivity contribution >= 4 is 31.3 Å². The largest absolute Gasteiger partial charge is 0.457 e. The van der Waals surface area contributed by atoms with E-state index in [-0.39, 0.29) is 28.9 Å². The van der Waals surface area contributed by atoms with Crippen LogP contribution in [0.1, 0.15) is 32.6 Å². The van der Waals surface area contributed by atoms with Gasteiger partial charge in [-0.2, -0.15) is 0 Å². The quantitative estimate of drug-likeness (QED) is 0.406. The molecule has 186 valence electrons. The molecule has 0 amide bonds. The number of aromatic nitrogens is 4. The second kappa shape index (κ2) is 8.68. The summed E-state index contributed by atoms with van der Waals surface area (Å²) in [6.45, 7) is 11.5. The first-order valence-corrected chi connectivity index (χ1v) is 14.9. The van der Waals surface area contributed by atoms with Crippen LogP contribution >= 0.6 is 0 Å². The summed E-state index contributed by atoms with van der Waals surface area (Å²) in [6.07, 6.45) is 2.27. The minimum absolute atomic E-state index is 0.0604. The van der Waals surface area contributed by atoms with Gasteiger partial charge in [-0.05, 0) is 30.1 Å². The van der Waals surface area contributed by atoms with Crippen LogP contribution in [0.3, 0.4) is 0 Å². The molecular weight excluding hydrogens is 462 g/mol. The van der Waals surface area contributed by atoms with Crippen LogP contribution in [0.4, 0.5) is 5.82 Å². The van der Waals surface area contributed by atoms with Gasteiger partial charge in [0, 0.05) is 5.92 Å². The smallest absolute Gasteiger partial charge is 0.310 e. The third-order valence-electron chi connectivity index (χ3n) is 7.80. The van der Waals surface area contributed by atoms with Crippen molar-refractivity contribution in [2.45, 2.75) is 63.8 Å². The molecule has 9 nitrogen and oxygen atoms in total. The summed E-state index contributed by atoms with van der Waals surface area (Å²) in [5.74, 6) is -0.386. The highest BCUT2D eigenvalue weighted by Crippen LogP contribution is 2.48. The fraction of sp³-hybridized carbons (Fsp3) is 0.520. The van der Waals surface area contributed by atoms with Crippen molar-refractivity contribution in [1.82, 2.24) is 19.5 Å². The SMILES string of the molecule is CC(C)(C)[Si](C)(C)OC[C@H]1O[C@@H](n2cnc3c(N)ncnc32)[C@@H]2OC(=O)[C@@H](Cc3ccccc3)[C@@H]21. The Balaban J connectivity index is 1.48. The van der Waals surface area contributed by atoms with Gasteiger partial charge in [-0.1, -0.05) is 51.1 Å². The lowest BCUT2D eigenvalue weighted by molar-refractivity contribution is -0.152. The Kier molecular flexibility index (Phi) is 5.93. The second-order valence-corrected chi connectivity index (χ2v) is 15.8. The maximum atomic E-state index is 13.2. The third kappa shape index (κ3) is 4.23. The van der Waals surface area contributed by atoms with Gasteiger partial charge >= 0.3 is 5.97 Å². The predicted octanol–water partition coefficient (Wildman–Crippen LogP) is 3.73. The molecule has 3 aromatic rings. The molecule has 2 saturated heterocycles. The standard InChI is InChI=1S/C25H33N5O4Si/c1-25(2,3)35(4,5)32-12-17-18-16(11-15-9-7-6-8-10-15)24(31)34-20(18)23(33-17)30-14-29-19-21(26)27-13-28-22(19)30/h6-10,13-14,16-18,20,23H,11-12H2,1-5H3,(H2,26,27,28)/t16-,17+,18+,20+,23+/m0/s1. The first-order chi connectivity index (χ1) is 16.6. The van der Waals surface area contributed by atoms with Crippen LogP contribution in [0.2, 0.25) is 18.1 Å². The van der Waals surface area contributed by atoms with E-state index in [1.807, 2.05) is 30.3 Å². The molecule has 10 heteroatoms. The summed E-state index contributed by atoms with van der Waals surface area (Å²) in [6, 6.07) is 10.0. The molecule has 0 saturated carbocycles. The number of carbonyl (C=O) groups is 1. The molecule has 2 N–H and O–H groups in total. The van der Waals surface area contributed by atoms with Gasteiger partial charge in [-0.15, -0.1) is 0 Å². The highest BCUT2D eigenvalue weighted by molar-refractivity contribution is 6.74. The number of hydrogen-bond acceptors (Lipinski definition) is 8. The zero-order valence-electron chi connectivity index (χ0n) is 20.8. The summed E-state index contributed by atoms with van der Waals surface area (Å²) in [7, 11) is -2.03. The molecule has 2 aliphatic rings. The summed E-state index contributed by atoms with van der Waals surface area (Å²) < 4.78 is 20.9. The predicted molar refractivity (Wildman–Crippen MR) is 134 cm³/mol. The Hall–Kier alpha value is -2.82. The van der Waals surface area contributed by atoms with Crippen molar-refractivity contribution in [3.63, 3.8) is 0 Å². The van der Waals surface area contributed by atoms with E-state index < -0.39 is 20.6 Å². The van der Waals surface area contributed by atoms with E-state index in [2.05, 4.69) is 48.8 Å². The number of nitrogens with two attached hydrogens (primary N) is 1. The number of rotatable bonds is 6. The molecule has 2 aromatic heterocycles. The maximum Gasteiger partial charge on any atom is 0.310 e. The van der Waals surface area contributed by atoms with Gasteiger partial charge in [-0.25, -0.2) is 15.0 Å². The fourth-order valence-corrected chi connectivity index (χ4v) is 5.79. The number of nitrogens with zero attached hydrogens (tertiary/aromatic N) is 4. The molecule has 1 aromatic carbocycles. The molecule has 5 atom stereocenters. The summed E-state index contributed by atoms with van der Waals surface area (Å²) in [5, 5.41) is 0.0604. The van der Waals surface area contributed by atoms with Crippen LogP contribution in [-0.4, -0.2) is 52.6 Å². The number of fused-ring (bicyclic) bond motifs is 2. The van der Waals surface area contributed by atoms with Crippen LogP contribution in [0.15, 0.2) is 43.0 Å². The first-order valence-electron chi connectivity index (χ1n) is 12.0. The number of nitrogen functional groups attached to an aromatic ring is 1. The highest BCUT2D eigenvalue weighted by atomic mass is 28.4. The molecule has 5 rings (SSSR count). The Morgan fingerprint density at radius 2 is 1.89 bits per heavy atom. The molecule has 0 unspecified atom stereocenters. The Morgan fingerprint density at radius 3 is 2.60 bits per heavy atom. The van der Waals surface area contributed by atoms with Gasteiger partial charge in [0.25, 0.3) is 0 Å². The first kappa shape index (κ1) is 23.9. The van der Waals surface area contributed by atoms with Gasteiger partial charge in [0.2, 0.25) is 0 Å². The minimum atomic E-state index is -2.03. The van der Waals surface area contributed by atoms with Gasteiger partial charge < -0.3 is 19.6 Å². The molecule has 0 spiro atoms. The fourth-order valence-electron chi connectivity index (χ4n) is 4.78. The van der Waals surface area contributed by atoms with Crippen LogP contribution in [-0.2, 0) is 25.1 Å². The minimum Gasteiger partial charge on any atom is -0.457 e. The van der Waals surface area contributed by atoms with E-state index in [1.54, 1.807) is 10.9 Å². The molecule has 0 radical (unpaired) electrons. The lowest BCUT2D eigenvalue weighted by atomic mass is 9.83. The van der Waals surface area contributed by atoms with Crippen LogP contribution in [0.25, 0.3) is 11.2 Å². The summed E-state index contributed by atoms with van der Waals surface area (Å²) in [5.41, 5.74) is 8.14. The van der Waals surface area contributed by atoms with Crippen LogP contribution in [0, 0.1) is 11.8 Å². The topological polar surface area (TPSA) is 114 Å². The molecule has 35 heavy (non-hydrogen) atoms. The lowest BCUT2D eigenvalue weighted by Gasteiger charge is -2.37. The van der Waals surface area contributed by atoms with Crippen molar-refractivity contribution in [2.75, 3.05) is 12.3 Å². The lowest BCUT2D eigenvalue weighted by Crippen LogP contribution is -2.44. The Bertz CT molecular complexity index is 1230. The number of carbonyl (C=O) groups excluding carboxylic acids is 1. The average molecular weight is 496 g/mol. The monoisotopic (exact) mass is 495 g/mol. The molecule has 0 aliphatic carbocycles. The van der Waals surface area contributed by atoms with Crippen LogP contribution < -0.4 is 5.73 Å². The Morgan fingerprint density at radius 1 is 1.14 bits per heavy atom. The number of benzene rings is 1. The zero-order valence-corrected chi connectivity index (χ0v) is 21.8. The van der Waals surface area contributed by atoms with Crippen molar-refractivity contribution in [3.05, 3.63) is 48.5 Å². The van der Waals surface area contributed by atoms with Crippen molar-refractivity contribution in [3.8, 4) is 0 Å². The van der Waals surface area contributed by atoms with E-state index in [9.17, 15) is 4.79 Å². The number of hydrogen-bond donors (Lipinski definition) is 1. The zero-order chi connectivity index (χ0) is 25.0. The second-order valence-electron chi connectivity index (χ2n) is 11.0. The normalized spacial score (nSPS) is 26.8. The van der Waals surface area contributed by atoms with E-state index in [4.69, 9.17) is 19.6 Å². The molecule has 0 bridgehead atoms. The van der Waals surface area contributed by atoms with Crippen molar-refractivity contribution in [2.24, 2.45) is 11.8 Å². The number of imidazole rings is 1. The van der Waals surface area contributed by atoms with E-state index in [0.29, 0.717) is 30.0 Å². The van der Waals surface area contributed by atoms with Crippen molar-refractivity contribution in [1.29, 1.82) is 0 Å². The highest BCUT2D eigenvalue weighted by Gasteiger charge is 2.58. The van der Waals surface area contributed by atoms with E-state index in [1.165, 1.54) is 6.33 Å². The van der Waals surface area contributed by atoms with E-state index >= 15 is 0 Å². The third-order valence-corrected chi connectivity index (χ3v) is 12.3. The van der Waals surface area contributed by atoms with Crippen LogP contribution in [0.5, 0.6) is 0 Å². The number of esters is 1. The average Bonchev–Trinajstić information content (AvgIpc) is 3.47. The van der Waals surface area contributed by atoms with E-state index in [0.717, 1.165) is 5.56 Å². The Labute approximate surface area is 206 Å². The van der Waals surface area contributed by atoms with Gasteiger partial charge in [-0.3, -0.25) is 9.36 Å². The molecule has 2 aliphatic heterocycles. The summed E-state index contributed by atoms with van der Waals surface area (Å²) >= 11 is 0. The van der Waals surface area contributed by atoms with Crippen molar-refractivity contribution < 1.29 is 18.7 Å². The van der Waals surface area contributed by atoms with Gasteiger partial charge in [0.15, 0.2) is 32.1 Å². The number of ether oxygens (including phenoxy) is 2. The van der Waals surface area contributed by atoms with Gasteiger partial charge in [0.05, 0.1) is 25.0 Å². The maximum absolute atomic E-state index is 13.2. The van der Waals surface area contributed by atoms with Gasteiger partial charge in [0.1, 0.15) is 11.8 Å². The molecule has 2 fully saturated rings. The molecule has 4 heterocycles.